The molecule has 4 saturated carbocycles. The van der Waals surface area contributed by atoms with E-state index in [1.54, 1.807) is 6.92 Å². The maximum Gasteiger partial charge on any atom is 0.178 e. The minimum Gasteiger partial charge on any atom is -0.300 e. The van der Waals surface area contributed by atoms with Crippen molar-refractivity contribution in [2.75, 3.05) is 0 Å². The summed E-state index contributed by atoms with van der Waals surface area (Å²) in [5.74, 6) is 1.08. The van der Waals surface area contributed by atoms with Gasteiger partial charge in [-0.3, -0.25) is 9.59 Å². The fraction of sp³-hybridized carbons (Fsp3) is 0.818. The Morgan fingerprint density at radius 3 is 2.22 bits per heavy atom. The summed E-state index contributed by atoms with van der Waals surface area (Å²) in [6.45, 7) is 17.5. The summed E-state index contributed by atoms with van der Waals surface area (Å²) < 4.78 is 0. The number of carbonyl (C=O) groups excluding carboxylic acids is 3. The maximum atomic E-state index is 14.5. The SMILES string of the molecule is CC(=O)C[C@]12CCC(C)(C)CC1C1C(=O)C[C@@H]3[C@@]4(C)C=C(C#N)C(=O)C(C)(C)[C@@H]4CC[C@@]3(C)[C@]1(C)CC2. The van der Waals surface area contributed by atoms with Gasteiger partial charge in [-0.25, -0.2) is 0 Å². The molecule has 0 N–H and O–H groups in total. The Morgan fingerprint density at radius 1 is 0.946 bits per heavy atom. The molecule has 0 spiro atoms. The van der Waals surface area contributed by atoms with Gasteiger partial charge in [0.2, 0.25) is 0 Å². The van der Waals surface area contributed by atoms with Crippen molar-refractivity contribution in [3.8, 4) is 6.07 Å². The lowest BCUT2D eigenvalue weighted by Crippen LogP contribution is -2.68. The van der Waals surface area contributed by atoms with Crippen LogP contribution >= 0.6 is 0 Å². The first-order valence-electron chi connectivity index (χ1n) is 14.7. The van der Waals surface area contributed by atoms with E-state index in [-0.39, 0.29) is 67.9 Å². The highest BCUT2D eigenvalue weighted by Gasteiger charge is 2.72. The molecule has 0 aromatic heterocycles. The summed E-state index contributed by atoms with van der Waals surface area (Å²) in [6.07, 6.45) is 10.3. The Hall–Kier alpha value is -1.76. The molecule has 0 radical (unpaired) electrons. The van der Waals surface area contributed by atoms with E-state index in [9.17, 15) is 19.6 Å². The van der Waals surface area contributed by atoms with Crippen LogP contribution in [0.25, 0.3) is 0 Å². The van der Waals surface area contributed by atoms with Gasteiger partial charge in [0.05, 0.1) is 5.57 Å². The average Bonchev–Trinajstić information content (AvgIpc) is 2.78. The zero-order valence-corrected chi connectivity index (χ0v) is 24.4. The molecule has 37 heavy (non-hydrogen) atoms. The van der Waals surface area contributed by atoms with Crippen molar-refractivity contribution < 1.29 is 14.4 Å². The Labute approximate surface area is 224 Å². The fourth-order valence-corrected chi connectivity index (χ4v) is 11.2. The van der Waals surface area contributed by atoms with Crippen molar-refractivity contribution in [2.24, 2.45) is 56.2 Å². The van der Waals surface area contributed by atoms with E-state index in [2.05, 4.69) is 40.7 Å². The molecule has 0 bridgehead atoms. The highest BCUT2D eigenvalue weighted by Crippen LogP contribution is 2.76. The first-order chi connectivity index (χ1) is 17.0. The Bertz CT molecular complexity index is 1140. The predicted molar refractivity (Wildman–Crippen MR) is 144 cm³/mol. The van der Waals surface area contributed by atoms with Gasteiger partial charge in [-0.05, 0) is 96.7 Å². The molecule has 0 amide bonds. The molecule has 4 heteroatoms. The molecular weight excluding hydrogens is 458 g/mol. The first-order valence-corrected chi connectivity index (χ1v) is 14.7. The summed E-state index contributed by atoms with van der Waals surface area (Å²) in [6, 6.07) is 2.22. The van der Waals surface area contributed by atoms with Gasteiger partial charge in [0.25, 0.3) is 0 Å². The van der Waals surface area contributed by atoms with Gasteiger partial charge in [0.15, 0.2) is 5.78 Å². The molecule has 0 saturated heterocycles. The highest BCUT2D eigenvalue weighted by atomic mass is 16.1. The van der Waals surface area contributed by atoms with Gasteiger partial charge in [0.1, 0.15) is 17.6 Å². The number of nitriles is 1. The van der Waals surface area contributed by atoms with Crippen LogP contribution < -0.4 is 0 Å². The van der Waals surface area contributed by atoms with E-state index in [0.29, 0.717) is 18.6 Å². The third kappa shape index (κ3) is 3.40. The van der Waals surface area contributed by atoms with Gasteiger partial charge in [-0.15, -0.1) is 0 Å². The summed E-state index contributed by atoms with van der Waals surface area (Å²) in [4.78, 5) is 40.2. The third-order valence-electron chi connectivity index (χ3n) is 13.2. The van der Waals surface area contributed by atoms with Crippen LogP contribution in [0.5, 0.6) is 0 Å². The van der Waals surface area contributed by atoms with Crippen LogP contribution in [-0.4, -0.2) is 17.3 Å². The summed E-state index contributed by atoms with van der Waals surface area (Å²) in [7, 11) is 0. The largest absolute Gasteiger partial charge is 0.300 e. The molecule has 202 valence electrons. The quantitative estimate of drug-likeness (QED) is 0.396. The number of Topliss-reactive ketones (excluding diaryl/α,β-unsaturated/α-hetero) is 3. The van der Waals surface area contributed by atoms with Crippen LogP contribution in [0.3, 0.4) is 0 Å². The van der Waals surface area contributed by atoms with E-state index in [4.69, 9.17) is 0 Å². The van der Waals surface area contributed by atoms with Crippen molar-refractivity contribution in [3.05, 3.63) is 11.6 Å². The number of rotatable bonds is 2. The number of hydrogen-bond acceptors (Lipinski definition) is 4. The lowest BCUT2D eigenvalue weighted by atomic mass is 9.31. The van der Waals surface area contributed by atoms with Crippen molar-refractivity contribution in [1.82, 2.24) is 0 Å². The Balaban J connectivity index is 1.63. The topological polar surface area (TPSA) is 75.0 Å². The lowest BCUT2D eigenvalue weighted by Gasteiger charge is -2.72. The number of fused-ring (bicyclic) bond motifs is 7. The Morgan fingerprint density at radius 2 is 1.59 bits per heavy atom. The van der Waals surface area contributed by atoms with Crippen molar-refractivity contribution in [2.45, 2.75) is 113 Å². The number of allylic oxidation sites excluding steroid dienone is 2. The second-order valence-corrected chi connectivity index (χ2v) is 15.9. The maximum absolute atomic E-state index is 14.5. The van der Waals surface area contributed by atoms with Gasteiger partial charge < -0.3 is 4.79 Å². The second-order valence-electron chi connectivity index (χ2n) is 15.9. The molecule has 5 aliphatic rings. The summed E-state index contributed by atoms with van der Waals surface area (Å²) >= 11 is 0. The molecule has 0 aliphatic heterocycles. The van der Waals surface area contributed by atoms with Crippen LogP contribution in [0.15, 0.2) is 11.6 Å². The monoisotopic (exact) mass is 505 g/mol. The van der Waals surface area contributed by atoms with E-state index in [0.717, 1.165) is 44.9 Å². The molecule has 5 rings (SSSR count). The van der Waals surface area contributed by atoms with E-state index < -0.39 is 5.41 Å². The fourth-order valence-electron chi connectivity index (χ4n) is 11.2. The summed E-state index contributed by atoms with van der Waals surface area (Å²) in [5, 5.41) is 9.89. The zero-order chi connectivity index (χ0) is 27.4. The van der Waals surface area contributed by atoms with Crippen LogP contribution in [0.1, 0.15) is 113 Å². The molecule has 0 heterocycles. The van der Waals surface area contributed by atoms with Gasteiger partial charge >= 0.3 is 0 Å². The standard InChI is InChI=1S/C33H47NO3/c1-20(35)16-33-13-11-28(2,3)18-22(33)26-23(36)15-25-30(6)17-21(19-34)27(37)29(4,5)24(30)9-10-31(25,7)32(26,8)12-14-33/h17,22,24-26H,9-16,18H2,1-8H3/t22?,24-,25+,26?,30-,31+,32+,33+/m0/s1. The molecule has 0 aromatic carbocycles. The predicted octanol–water partition coefficient (Wildman–Crippen LogP) is 7.26. The molecular formula is C33H47NO3. The van der Waals surface area contributed by atoms with Crippen LogP contribution in [0.4, 0.5) is 0 Å². The second kappa shape index (κ2) is 7.89. The van der Waals surface area contributed by atoms with Crippen molar-refractivity contribution >= 4 is 17.3 Å². The molecule has 4 fully saturated rings. The van der Waals surface area contributed by atoms with Gasteiger partial charge in [-0.1, -0.05) is 54.5 Å². The number of hydrogen-bond donors (Lipinski definition) is 0. The molecule has 8 atom stereocenters. The van der Waals surface area contributed by atoms with E-state index in [1.807, 2.05) is 19.9 Å². The number of nitrogens with zero attached hydrogens (tertiary/aromatic N) is 1. The third-order valence-corrected chi connectivity index (χ3v) is 13.2. The average molecular weight is 506 g/mol. The van der Waals surface area contributed by atoms with Crippen LogP contribution in [0.2, 0.25) is 0 Å². The van der Waals surface area contributed by atoms with Gasteiger partial charge in [0, 0.05) is 24.2 Å². The van der Waals surface area contributed by atoms with E-state index >= 15 is 0 Å². The first kappa shape index (κ1) is 26.8. The number of ketones is 3. The van der Waals surface area contributed by atoms with Crippen LogP contribution in [0, 0.1) is 67.5 Å². The lowest BCUT2D eigenvalue weighted by molar-refractivity contribution is -0.223. The Kier molecular flexibility index (Phi) is 5.72. The summed E-state index contributed by atoms with van der Waals surface area (Å²) in [5.41, 5.74) is -0.751. The van der Waals surface area contributed by atoms with E-state index in [1.165, 1.54) is 0 Å². The number of carbonyl (C=O) groups is 3. The normalized spacial score (nSPS) is 47.9. The molecule has 5 aliphatic carbocycles. The minimum atomic E-state index is -0.604. The zero-order valence-electron chi connectivity index (χ0n) is 24.4. The van der Waals surface area contributed by atoms with Crippen LogP contribution in [-0.2, 0) is 14.4 Å². The van der Waals surface area contributed by atoms with Crippen molar-refractivity contribution in [3.63, 3.8) is 0 Å². The smallest absolute Gasteiger partial charge is 0.178 e. The van der Waals surface area contributed by atoms with Crippen molar-refractivity contribution in [1.29, 1.82) is 5.26 Å². The minimum absolute atomic E-state index is 0.0146. The molecule has 4 nitrogen and oxygen atoms in total. The highest BCUT2D eigenvalue weighted by molar-refractivity contribution is 6.04. The van der Waals surface area contributed by atoms with Gasteiger partial charge in [-0.2, -0.15) is 5.26 Å². The molecule has 0 aromatic rings. The molecule has 2 unspecified atom stereocenters.